The van der Waals surface area contributed by atoms with Gasteiger partial charge in [-0.1, -0.05) is 20.8 Å². The van der Waals surface area contributed by atoms with Crippen molar-refractivity contribution in [3.63, 3.8) is 0 Å². The van der Waals surface area contributed by atoms with Gasteiger partial charge in [-0.2, -0.15) is 0 Å². The number of likely N-dealkylation sites (tertiary alicyclic amines) is 1. The molecule has 0 aromatic rings. The molecule has 4 heteroatoms. The van der Waals surface area contributed by atoms with Crippen LogP contribution in [0.1, 0.15) is 52.9 Å². The van der Waals surface area contributed by atoms with E-state index in [1.165, 1.54) is 0 Å². The monoisotopic (exact) mass is 290 g/mol. The highest BCUT2D eigenvalue weighted by atomic mass is 35.5. The Morgan fingerprint density at radius 3 is 2.32 bits per heavy atom. The molecule has 1 heterocycles. The number of hydrogen-bond donors (Lipinski definition) is 1. The van der Waals surface area contributed by atoms with Gasteiger partial charge in [0.25, 0.3) is 0 Å². The van der Waals surface area contributed by atoms with E-state index in [9.17, 15) is 4.79 Å². The summed E-state index contributed by atoms with van der Waals surface area (Å²) < 4.78 is 0. The Balaban J connectivity index is 0.00000324. The van der Waals surface area contributed by atoms with Crippen LogP contribution in [-0.2, 0) is 4.79 Å². The fourth-order valence-corrected chi connectivity index (χ4v) is 2.60. The normalized spacial score (nSPS) is 17.2. The molecule has 0 unspecified atom stereocenters. The average Bonchev–Trinajstić information content (AvgIpc) is 2.28. The van der Waals surface area contributed by atoms with Gasteiger partial charge < -0.3 is 10.2 Å². The van der Waals surface area contributed by atoms with Gasteiger partial charge in [-0.25, -0.2) is 0 Å². The largest absolute Gasteiger partial charge is 0.343 e. The van der Waals surface area contributed by atoms with Crippen molar-refractivity contribution in [1.82, 2.24) is 10.2 Å². The number of halogens is 1. The maximum Gasteiger partial charge on any atom is 0.222 e. The molecule has 0 aliphatic carbocycles. The number of carbonyl (C=O) groups is 1. The minimum absolute atomic E-state index is 0. The third-order valence-corrected chi connectivity index (χ3v) is 3.78. The maximum absolute atomic E-state index is 12.1. The van der Waals surface area contributed by atoms with Crippen LogP contribution in [0.3, 0.4) is 0 Å². The van der Waals surface area contributed by atoms with Gasteiger partial charge in [-0.05, 0) is 50.6 Å². The van der Waals surface area contributed by atoms with Crippen molar-refractivity contribution in [2.24, 2.45) is 11.3 Å². The van der Waals surface area contributed by atoms with Crippen molar-refractivity contribution >= 4 is 18.3 Å². The van der Waals surface area contributed by atoms with Crippen LogP contribution in [-0.4, -0.2) is 37.5 Å². The lowest BCUT2D eigenvalue weighted by Gasteiger charge is -2.32. The topological polar surface area (TPSA) is 32.3 Å². The van der Waals surface area contributed by atoms with Crippen LogP contribution >= 0.6 is 12.4 Å². The Kier molecular flexibility index (Phi) is 8.67. The molecule has 1 aliphatic rings. The summed E-state index contributed by atoms with van der Waals surface area (Å²) in [4.78, 5) is 14.1. The molecule has 0 spiro atoms. The average molecular weight is 291 g/mol. The molecule has 0 aromatic heterocycles. The maximum atomic E-state index is 12.1. The Bertz CT molecular complexity index is 255. The zero-order valence-electron chi connectivity index (χ0n) is 13.0. The molecule has 1 saturated heterocycles. The van der Waals surface area contributed by atoms with E-state index in [4.69, 9.17) is 0 Å². The molecular formula is C15H31ClN2O. The van der Waals surface area contributed by atoms with E-state index in [0.717, 1.165) is 57.7 Å². The second-order valence-corrected chi connectivity index (χ2v) is 6.80. The van der Waals surface area contributed by atoms with Crippen LogP contribution in [0.25, 0.3) is 0 Å². The smallest absolute Gasteiger partial charge is 0.222 e. The van der Waals surface area contributed by atoms with Gasteiger partial charge in [0.15, 0.2) is 0 Å². The molecule has 0 radical (unpaired) electrons. The third kappa shape index (κ3) is 7.78. The standard InChI is InChI=1S/C15H30N2O.ClH/c1-15(2,3)9-5-6-14(18)17-10-7-13(8-11-17)12-16-4;/h13,16H,5-12H2,1-4H3;1H. The summed E-state index contributed by atoms with van der Waals surface area (Å²) in [6.07, 6.45) is 5.21. The number of nitrogens with one attached hydrogen (secondary N) is 1. The van der Waals surface area contributed by atoms with Gasteiger partial charge in [0, 0.05) is 19.5 Å². The summed E-state index contributed by atoms with van der Waals surface area (Å²) in [6.45, 7) is 9.72. The van der Waals surface area contributed by atoms with Crippen LogP contribution in [0.2, 0.25) is 0 Å². The molecule has 114 valence electrons. The van der Waals surface area contributed by atoms with Crippen LogP contribution in [0.15, 0.2) is 0 Å². The van der Waals surface area contributed by atoms with E-state index in [1.54, 1.807) is 0 Å². The highest BCUT2D eigenvalue weighted by Gasteiger charge is 2.22. The van der Waals surface area contributed by atoms with E-state index >= 15 is 0 Å². The summed E-state index contributed by atoms with van der Waals surface area (Å²) in [6, 6.07) is 0. The number of amides is 1. The molecule has 1 aliphatic heterocycles. The first-order valence-electron chi connectivity index (χ1n) is 7.35. The van der Waals surface area contributed by atoms with Crippen molar-refractivity contribution in [3.8, 4) is 0 Å². The first kappa shape index (κ1) is 18.7. The summed E-state index contributed by atoms with van der Waals surface area (Å²) in [7, 11) is 2.00. The fourth-order valence-electron chi connectivity index (χ4n) is 2.60. The van der Waals surface area contributed by atoms with Gasteiger partial charge in [0.05, 0.1) is 0 Å². The Labute approximate surface area is 124 Å². The molecule has 0 saturated carbocycles. The fraction of sp³-hybridized carbons (Fsp3) is 0.933. The minimum atomic E-state index is 0. The van der Waals surface area contributed by atoms with E-state index in [0.29, 0.717) is 11.3 Å². The molecule has 0 bridgehead atoms. The number of piperidine rings is 1. The molecular weight excluding hydrogens is 260 g/mol. The van der Waals surface area contributed by atoms with Crippen molar-refractivity contribution in [1.29, 1.82) is 0 Å². The van der Waals surface area contributed by atoms with E-state index in [1.807, 2.05) is 7.05 Å². The van der Waals surface area contributed by atoms with Crippen LogP contribution < -0.4 is 5.32 Å². The third-order valence-electron chi connectivity index (χ3n) is 3.78. The van der Waals surface area contributed by atoms with Gasteiger partial charge in [0.2, 0.25) is 5.91 Å². The first-order valence-corrected chi connectivity index (χ1v) is 7.35. The lowest BCUT2D eigenvalue weighted by molar-refractivity contribution is -0.132. The van der Waals surface area contributed by atoms with E-state index < -0.39 is 0 Å². The van der Waals surface area contributed by atoms with Crippen molar-refractivity contribution in [2.45, 2.75) is 52.9 Å². The molecule has 1 N–H and O–H groups in total. The van der Waals surface area contributed by atoms with E-state index in [-0.39, 0.29) is 12.4 Å². The molecule has 3 nitrogen and oxygen atoms in total. The SMILES string of the molecule is CNCC1CCN(C(=O)CCCC(C)(C)C)CC1.Cl. The zero-order chi connectivity index (χ0) is 13.6. The second-order valence-electron chi connectivity index (χ2n) is 6.80. The lowest BCUT2D eigenvalue weighted by Crippen LogP contribution is -2.40. The van der Waals surface area contributed by atoms with Gasteiger partial charge >= 0.3 is 0 Å². The van der Waals surface area contributed by atoms with E-state index in [2.05, 4.69) is 31.0 Å². The Morgan fingerprint density at radius 2 is 1.84 bits per heavy atom. The number of rotatable bonds is 5. The predicted octanol–water partition coefficient (Wildman–Crippen LogP) is 3.08. The molecule has 1 amide bonds. The number of hydrogen-bond acceptors (Lipinski definition) is 2. The molecule has 1 fully saturated rings. The Morgan fingerprint density at radius 1 is 1.26 bits per heavy atom. The summed E-state index contributed by atoms with van der Waals surface area (Å²) in [5.41, 5.74) is 0.347. The summed E-state index contributed by atoms with van der Waals surface area (Å²) in [5.74, 6) is 1.12. The molecule has 0 aromatic carbocycles. The zero-order valence-corrected chi connectivity index (χ0v) is 13.8. The molecule has 0 atom stereocenters. The van der Waals surface area contributed by atoms with Crippen LogP contribution in [0.5, 0.6) is 0 Å². The molecule has 19 heavy (non-hydrogen) atoms. The number of carbonyl (C=O) groups excluding carboxylic acids is 1. The quantitative estimate of drug-likeness (QED) is 0.844. The first-order chi connectivity index (χ1) is 8.42. The minimum Gasteiger partial charge on any atom is -0.343 e. The van der Waals surface area contributed by atoms with Crippen LogP contribution in [0, 0.1) is 11.3 Å². The summed E-state index contributed by atoms with van der Waals surface area (Å²) in [5, 5.41) is 3.23. The summed E-state index contributed by atoms with van der Waals surface area (Å²) >= 11 is 0. The van der Waals surface area contributed by atoms with Gasteiger partial charge in [-0.3, -0.25) is 4.79 Å². The molecule has 1 rings (SSSR count). The van der Waals surface area contributed by atoms with Crippen molar-refractivity contribution in [3.05, 3.63) is 0 Å². The predicted molar refractivity (Wildman–Crippen MR) is 83.8 cm³/mol. The van der Waals surface area contributed by atoms with Gasteiger partial charge in [0.1, 0.15) is 0 Å². The highest BCUT2D eigenvalue weighted by Crippen LogP contribution is 2.23. The van der Waals surface area contributed by atoms with Crippen molar-refractivity contribution < 1.29 is 4.79 Å². The number of nitrogens with zero attached hydrogens (tertiary/aromatic N) is 1. The van der Waals surface area contributed by atoms with Crippen molar-refractivity contribution in [2.75, 3.05) is 26.7 Å². The van der Waals surface area contributed by atoms with Crippen LogP contribution in [0.4, 0.5) is 0 Å². The Hall–Kier alpha value is -0.280. The lowest BCUT2D eigenvalue weighted by atomic mass is 9.89. The second kappa shape index (κ2) is 8.80. The highest BCUT2D eigenvalue weighted by molar-refractivity contribution is 5.85. The van der Waals surface area contributed by atoms with Gasteiger partial charge in [-0.15, -0.1) is 12.4 Å².